The molecule has 1 N–H and O–H groups in total. The molecule has 0 spiro atoms. The van der Waals surface area contributed by atoms with Gasteiger partial charge >= 0.3 is 5.97 Å². The Morgan fingerprint density at radius 1 is 1.04 bits per heavy atom. The molecule has 0 aliphatic heterocycles. The largest absolute Gasteiger partial charge is 0.476 e. The monoisotopic (exact) mass is 335 g/mol. The summed E-state index contributed by atoms with van der Waals surface area (Å²) in [7, 11) is 0. The van der Waals surface area contributed by atoms with E-state index in [9.17, 15) is 4.79 Å². The van der Waals surface area contributed by atoms with E-state index >= 15 is 0 Å². The Bertz CT molecular complexity index is 501. The molecule has 1 rings (SSSR count). The van der Waals surface area contributed by atoms with Crippen molar-refractivity contribution in [1.82, 2.24) is 5.32 Å². The van der Waals surface area contributed by atoms with E-state index in [0.29, 0.717) is 5.75 Å². The fourth-order valence-corrected chi connectivity index (χ4v) is 2.18. The first-order valence-electron chi connectivity index (χ1n) is 8.86. The van der Waals surface area contributed by atoms with Crippen LogP contribution < -0.4 is 10.1 Å². The molecule has 1 aromatic carbocycles. The van der Waals surface area contributed by atoms with Crippen molar-refractivity contribution in [1.29, 1.82) is 0 Å². The number of ether oxygens (including phenoxy) is 2. The molecule has 0 aromatic heterocycles. The SMILES string of the molecule is CCCNCCCc1ccc(OC(C)(C)C(=O)OC(C)(C)C)cc1. The van der Waals surface area contributed by atoms with Crippen molar-refractivity contribution in [2.75, 3.05) is 13.1 Å². The predicted octanol–water partition coefficient (Wildman–Crippen LogP) is 4.12. The van der Waals surface area contributed by atoms with Gasteiger partial charge in [0, 0.05) is 0 Å². The molecule has 1 aromatic rings. The van der Waals surface area contributed by atoms with Gasteiger partial charge in [0.05, 0.1) is 0 Å². The summed E-state index contributed by atoms with van der Waals surface area (Å²) in [5, 5.41) is 3.40. The second kappa shape index (κ2) is 9.07. The number of hydrogen-bond acceptors (Lipinski definition) is 4. The lowest BCUT2D eigenvalue weighted by Gasteiger charge is -2.29. The van der Waals surface area contributed by atoms with Crippen LogP contribution in [-0.4, -0.2) is 30.3 Å². The van der Waals surface area contributed by atoms with Crippen molar-refractivity contribution in [2.45, 2.75) is 72.0 Å². The number of carbonyl (C=O) groups excluding carboxylic acids is 1. The van der Waals surface area contributed by atoms with E-state index in [2.05, 4.69) is 24.4 Å². The van der Waals surface area contributed by atoms with Crippen molar-refractivity contribution < 1.29 is 14.3 Å². The summed E-state index contributed by atoms with van der Waals surface area (Å²) in [6, 6.07) is 7.95. The highest BCUT2D eigenvalue weighted by molar-refractivity contribution is 5.79. The van der Waals surface area contributed by atoms with Crippen molar-refractivity contribution in [3.63, 3.8) is 0 Å². The van der Waals surface area contributed by atoms with Crippen molar-refractivity contribution >= 4 is 5.97 Å². The number of esters is 1. The van der Waals surface area contributed by atoms with Gasteiger partial charge in [0.2, 0.25) is 0 Å². The zero-order valence-corrected chi connectivity index (χ0v) is 16.1. The van der Waals surface area contributed by atoms with Crippen LogP contribution in [0.3, 0.4) is 0 Å². The van der Waals surface area contributed by atoms with Gasteiger partial charge in [-0.3, -0.25) is 0 Å². The smallest absolute Gasteiger partial charge is 0.350 e. The number of carbonyl (C=O) groups is 1. The molecule has 0 unspecified atom stereocenters. The standard InChI is InChI=1S/C20H33NO3/c1-7-14-21-15-8-9-16-10-12-17(13-11-16)23-20(5,6)18(22)24-19(2,3)4/h10-13,21H,7-9,14-15H2,1-6H3. The molecule has 0 radical (unpaired) electrons. The van der Waals surface area contributed by atoms with Crippen molar-refractivity contribution in [3.05, 3.63) is 29.8 Å². The van der Waals surface area contributed by atoms with Gasteiger partial charge in [-0.05, 0) is 84.7 Å². The first-order chi connectivity index (χ1) is 11.1. The summed E-state index contributed by atoms with van der Waals surface area (Å²) in [4.78, 5) is 12.2. The van der Waals surface area contributed by atoms with Crippen molar-refractivity contribution in [2.24, 2.45) is 0 Å². The lowest BCUT2D eigenvalue weighted by molar-refractivity contribution is -0.170. The molecule has 0 atom stereocenters. The number of aryl methyl sites for hydroxylation is 1. The van der Waals surface area contributed by atoms with E-state index in [-0.39, 0.29) is 5.97 Å². The Morgan fingerprint density at radius 3 is 2.21 bits per heavy atom. The van der Waals surface area contributed by atoms with Crippen LogP contribution in [0.1, 0.15) is 59.9 Å². The summed E-state index contributed by atoms with van der Waals surface area (Å²) in [6.45, 7) is 13.3. The Morgan fingerprint density at radius 2 is 1.67 bits per heavy atom. The van der Waals surface area contributed by atoms with Gasteiger partial charge in [-0.25, -0.2) is 4.79 Å². The third kappa shape index (κ3) is 7.82. The van der Waals surface area contributed by atoms with Crippen molar-refractivity contribution in [3.8, 4) is 5.75 Å². The maximum atomic E-state index is 12.2. The highest BCUT2D eigenvalue weighted by Crippen LogP contribution is 2.22. The van der Waals surface area contributed by atoms with Gasteiger partial charge in [0.1, 0.15) is 11.4 Å². The first-order valence-corrected chi connectivity index (χ1v) is 8.86. The maximum Gasteiger partial charge on any atom is 0.350 e. The van der Waals surface area contributed by atoms with Crippen LogP contribution in [-0.2, 0) is 16.0 Å². The molecular weight excluding hydrogens is 302 g/mol. The normalized spacial score (nSPS) is 12.1. The summed E-state index contributed by atoms with van der Waals surface area (Å²) >= 11 is 0. The molecule has 4 heteroatoms. The van der Waals surface area contributed by atoms with Crippen LogP contribution in [0, 0.1) is 0 Å². The minimum absolute atomic E-state index is 0.360. The fourth-order valence-electron chi connectivity index (χ4n) is 2.18. The van der Waals surface area contributed by atoms with Crippen LogP contribution in [0.25, 0.3) is 0 Å². The van der Waals surface area contributed by atoms with Gasteiger partial charge in [-0.2, -0.15) is 0 Å². The minimum atomic E-state index is -1.02. The summed E-state index contributed by atoms with van der Waals surface area (Å²) in [5.74, 6) is 0.319. The Labute approximate surface area is 146 Å². The number of rotatable bonds is 9. The summed E-state index contributed by atoms with van der Waals surface area (Å²) in [5.41, 5.74) is -0.262. The first kappa shape index (κ1) is 20.5. The lowest BCUT2D eigenvalue weighted by atomic mass is 10.1. The summed E-state index contributed by atoms with van der Waals surface area (Å²) in [6.07, 6.45) is 3.32. The minimum Gasteiger partial charge on any atom is -0.476 e. The second-order valence-electron chi connectivity index (χ2n) is 7.61. The molecule has 0 saturated carbocycles. The van der Waals surface area contributed by atoms with E-state index < -0.39 is 11.2 Å². The van der Waals surface area contributed by atoms with Crippen LogP contribution in [0.15, 0.2) is 24.3 Å². The van der Waals surface area contributed by atoms with Crippen LogP contribution >= 0.6 is 0 Å². The average molecular weight is 335 g/mol. The molecule has 0 aliphatic rings. The molecule has 0 fully saturated rings. The van der Waals surface area contributed by atoms with Gasteiger partial charge in [-0.15, -0.1) is 0 Å². The molecule has 136 valence electrons. The van der Waals surface area contributed by atoms with Gasteiger partial charge in [0.15, 0.2) is 5.60 Å². The van der Waals surface area contributed by atoms with E-state index in [4.69, 9.17) is 9.47 Å². The highest BCUT2D eigenvalue weighted by Gasteiger charge is 2.34. The molecule has 0 heterocycles. The van der Waals surface area contributed by atoms with E-state index in [1.165, 1.54) is 12.0 Å². The molecule has 0 saturated heterocycles. The Balaban J connectivity index is 2.52. The number of nitrogens with one attached hydrogen (secondary N) is 1. The second-order valence-corrected chi connectivity index (χ2v) is 7.61. The van der Waals surface area contributed by atoms with Crippen LogP contribution in [0.5, 0.6) is 5.75 Å². The average Bonchev–Trinajstić information content (AvgIpc) is 2.46. The Hall–Kier alpha value is -1.55. The third-order valence-corrected chi connectivity index (χ3v) is 3.43. The van der Waals surface area contributed by atoms with Gasteiger partial charge in [-0.1, -0.05) is 19.1 Å². The predicted molar refractivity (Wildman–Crippen MR) is 98.5 cm³/mol. The number of benzene rings is 1. The molecule has 0 aliphatic carbocycles. The van der Waals surface area contributed by atoms with E-state index in [1.807, 2.05) is 32.9 Å². The quantitative estimate of drug-likeness (QED) is 0.545. The van der Waals surface area contributed by atoms with Crippen LogP contribution in [0.4, 0.5) is 0 Å². The molecular formula is C20H33NO3. The highest BCUT2D eigenvalue weighted by atomic mass is 16.6. The zero-order chi connectivity index (χ0) is 18.2. The van der Waals surface area contributed by atoms with E-state index in [0.717, 1.165) is 25.9 Å². The molecule has 4 nitrogen and oxygen atoms in total. The van der Waals surface area contributed by atoms with E-state index in [1.54, 1.807) is 13.8 Å². The Kier molecular flexibility index (Phi) is 7.74. The topological polar surface area (TPSA) is 47.6 Å². The fraction of sp³-hybridized carbons (Fsp3) is 0.650. The van der Waals surface area contributed by atoms with Crippen LogP contribution in [0.2, 0.25) is 0 Å². The maximum absolute atomic E-state index is 12.2. The summed E-state index contributed by atoms with van der Waals surface area (Å²) < 4.78 is 11.2. The van der Waals surface area contributed by atoms with Gasteiger partial charge < -0.3 is 14.8 Å². The molecule has 24 heavy (non-hydrogen) atoms. The molecule has 0 bridgehead atoms. The third-order valence-electron chi connectivity index (χ3n) is 3.43. The lowest BCUT2D eigenvalue weighted by Crippen LogP contribution is -2.43. The van der Waals surface area contributed by atoms with Gasteiger partial charge in [0.25, 0.3) is 0 Å². The number of hydrogen-bond donors (Lipinski definition) is 1. The molecule has 0 amide bonds. The zero-order valence-electron chi connectivity index (χ0n) is 16.1.